The molecule has 0 unspecified atom stereocenters. The van der Waals surface area contributed by atoms with E-state index in [-0.39, 0.29) is 10.6 Å². The quantitative estimate of drug-likeness (QED) is 0.466. The highest BCUT2D eigenvalue weighted by Gasteiger charge is 2.24. The van der Waals surface area contributed by atoms with Crippen molar-refractivity contribution in [3.8, 4) is 0 Å². The maximum atomic E-state index is 12.5. The summed E-state index contributed by atoms with van der Waals surface area (Å²) in [5.41, 5.74) is 8.19. The Labute approximate surface area is 184 Å². The molecule has 0 bridgehead atoms. The van der Waals surface area contributed by atoms with E-state index in [4.69, 9.17) is 10.7 Å². The van der Waals surface area contributed by atoms with Crippen molar-refractivity contribution < 1.29 is 8.42 Å². The highest BCUT2D eigenvalue weighted by atomic mass is 32.2. The average Bonchev–Trinajstić information content (AvgIpc) is 2.79. The summed E-state index contributed by atoms with van der Waals surface area (Å²) < 4.78 is 27.8. The second kappa shape index (κ2) is 9.77. The number of nitrogen functional groups attached to an aromatic ring is 1. The van der Waals surface area contributed by atoms with Crippen molar-refractivity contribution in [2.45, 2.75) is 37.1 Å². The summed E-state index contributed by atoms with van der Waals surface area (Å²) >= 11 is 0. The van der Waals surface area contributed by atoms with E-state index in [0.717, 1.165) is 55.4 Å². The van der Waals surface area contributed by atoms with E-state index in [1.54, 1.807) is 24.3 Å². The molecule has 1 fully saturated rings. The normalized spacial score (nSPS) is 19.5. The Morgan fingerprint density at radius 1 is 0.871 bits per heavy atom. The van der Waals surface area contributed by atoms with Crippen molar-refractivity contribution in [2.24, 2.45) is 11.8 Å². The van der Waals surface area contributed by atoms with Crippen LogP contribution in [0.2, 0.25) is 0 Å². The van der Waals surface area contributed by atoms with Crippen LogP contribution in [0.3, 0.4) is 0 Å². The number of aromatic nitrogens is 1. The van der Waals surface area contributed by atoms with Gasteiger partial charge in [0.1, 0.15) is 4.90 Å². The van der Waals surface area contributed by atoms with Gasteiger partial charge in [0.2, 0.25) is 10.0 Å². The molecule has 0 amide bonds. The van der Waals surface area contributed by atoms with Crippen molar-refractivity contribution >= 4 is 26.6 Å². The molecule has 1 aliphatic rings. The molecule has 1 saturated carbocycles. The molecule has 31 heavy (non-hydrogen) atoms. The zero-order chi connectivity index (χ0) is 21.7. The largest absolute Gasteiger partial charge is 0.398 e. The Balaban J connectivity index is 1.19. The van der Waals surface area contributed by atoms with E-state index in [1.807, 2.05) is 18.2 Å². The Hall–Kier alpha value is -2.48. The SMILES string of the molecule is Nc1ccccc1S(=O)(=O)NCC1CCC(CNCc2ccc3ccccc3n2)CC1. The first kappa shape index (κ1) is 21.7. The number of hydrogen-bond donors (Lipinski definition) is 3. The van der Waals surface area contributed by atoms with Gasteiger partial charge in [0.15, 0.2) is 0 Å². The molecule has 1 heterocycles. The highest BCUT2D eigenvalue weighted by Crippen LogP contribution is 2.28. The number of anilines is 1. The second-order valence-corrected chi connectivity index (χ2v) is 10.1. The number of fused-ring (bicyclic) bond motifs is 1. The second-order valence-electron chi connectivity index (χ2n) is 8.40. The van der Waals surface area contributed by atoms with Crippen molar-refractivity contribution in [1.29, 1.82) is 0 Å². The van der Waals surface area contributed by atoms with Crippen LogP contribution < -0.4 is 15.8 Å². The average molecular weight is 439 g/mol. The van der Waals surface area contributed by atoms with Crippen LogP contribution in [0, 0.1) is 11.8 Å². The number of pyridine rings is 1. The number of para-hydroxylation sites is 2. The summed E-state index contributed by atoms with van der Waals surface area (Å²) in [6, 6.07) is 18.9. The molecular weight excluding hydrogens is 408 g/mol. The van der Waals surface area contributed by atoms with Gasteiger partial charge in [-0.15, -0.1) is 0 Å². The maximum Gasteiger partial charge on any atom is 0.242 e. The van der Waals surface area contributed by atoms with E-state index in [0.29, 0.717) is 18.4 Å². The topological polar surface area (TPSA) is 97.1 Å². The van der Waals surface area contributed by atoms with Crippen molar-refractivity contribution in [3.05, 3.63) is 66.4 Å². The summed E-state index contributed by atoms with van der Waals surface area (Å²) in [4.78, 5) is 4.87. The van der Waals surface area contributed by atoms with Crippen molar-refractivity contribution in [3.63, 3.8) is 0 Å². The van der Waals surface area contributed by atoms with Crippen LogP contribution >= 0.6 is 0 Å². The Morgan fingerprint density at radius 3 is 2.32 bits per heavy atom. The van der Waals surface area contributed by atoms with Gasteiger partial charge in [-0.25, -0.2) is 13.1 Å². The van der Waals surface area contributed by atoms with Crippen LogP contribution in [0.25, 0.3) is 10.9 Å². The number of rotatable bonds is 8. The lowest BCUT2D eigenvalue weighted by molar-refractivity contribution is 0.268. The van der Waals surface area contributed by atoms with Gasteiger partial charge in [0, 0.05) is 18.5 Å². The van der Waals surface area contributed by atoms with Crippen LogP contribution in [0.1, 0.15) is 31.4 Å². The third-order valence-corrected chi connectivity index (χ3v) is 7.63. The fourth-order valence-corrected chi connectivity index (χ4v) is 5.53. The zero-order valence-electron chi connectivity index (χ0n) is 17.6. The van der Waals surface area contributed by atoms with Crippen LogP contribution in [0.4, 0.5) is 5.69 Å². The fourth-order valence-electron chi connectivity index (χ4n) is 4.28. The van der Waals surface area contributed by atoms with Crippen LogP contribution in [0.15, 0.2) is 65.6 Å². The molecule has 7 heteroatoms. The molecule has 0 aliphatic heterocycles. The summed E-state index contributed by atoms with van der Waals surface area (Å²) in [5, 5.41) is 4.71. The first-order chi connectivity index (χ1) is 15.0. The molecule has 1 aliphatic carbocycles. The van der Waals surface area contributed by atoms with Crippen LogP contribution in [-0.4, -0.2) is 26.5 Å². The lowest BCUT2D eigenvalue weighted by atomic mass is 9.82. The minimum atomic E-state index is -3.56. The number of nitrogens with one attached hydrogen (secondary N) is 2. The minimum Gasteiger partial charge on any atom is -0.398 e. The van der Waals surface area contributed by atoms with Gasteiger partial charge in [-0.1, -0.05) is 36.4 Å². The van der Waals surface area contributed by atoms with Gasteiger partial charge < -0.3 is 11.1 Å². The molecule has 0 saturated heterocycles. The Morgan fingerprint density at radius 2 is 1.55 bits per heavy atom. The lowest BCUT2D eigenvalue weighted by Gasteiger charge is -2.28. The van der Waals surface area contributed by atoms with E-state index in [9.17, 15) is 8.42 Å². The highest BCUT2D eigenvalue weighted by molar-refractivity contribution is 7.89. The van der Waals surface area contributed by atoms with E-state index in [1.165, 1.54) is 0 Å². The van der Waals surface area contributed by atoms with Crippen molar-refractivity contribution in [1.82, 2.24) is 15.0 Å². The standard InChI is InChI=1S/C24H30N4O2S/c25-22-6-2-4-8-24(22)31(29,30)27-16-19-11-9-18(10-12-19)15-26-17-21-14-13-20-5-1-3-7-23(20)28-21/h1-8,13-14,18-19,26-27H,9-12,15-17,25H2. The van der Waals surface area contributed by atoms with Gasteiger partial charge in [0.05, 0.1) is 16.9 Å². The molecule has 6 nitrogen and oxygen atoms in total. The Bertz CT molecular complexity index is 1130. The number of benzene rings is 2. The molecule has 164 valence electrons. The summed E-state index contributed by atoms with van der Waals surface area (Å²) in [7, 11) is -3.56. The van der Waals surface area contributed by atoms with Gasteiger partial charge in [-0.3, -0.25) is 4.98 Å². The monoisotopic (exact) mass is 438 g/mol. The van der Waals surface area contributed by atoms with Gasteiger partial charge >= 0.3 is 0 Å². The number of sulfonamides is 1. The predicted octanol–water partition coefficient (Wildman–Crippen LogP) is 3.69. The number of nitrogens with zero attached hydrogens (tertiary/aromatic N) is 1. The maximum absolute atomic E-state index is 12.5. The molecule has 0 radical (unpaired) electrons. The molecule has 0 spiro atoms. The van der Waals surface area contributed by atoms with Crippen LogP contribution in [0.5, 0.6) is 0 Å². The molecule has 4 N–H and O–H groups in total. The first-order valence-electron chi connectivity index (χ1n) is 10.9. The summed E-state index contributed by atoms with van der Waals surface area (Å²) in [5.74, 6) is 0.996. The minimum absolute atomic E-state index is 0.162. The van der Waals surface area contributed by atoms with Gasteiger partial charge in [-0.2, -0.15) is 0 Å². The molecule has 3 aromatic rings. The predicted molar refractivity (Wildman–Crippen MR) is 125 cm³/mol. The number of hydrogen-bond acceptors (Lipinski definition) is 5. The molecular formula is C24H30N4O2S. The fraction of sp³-hybridized carbons (Fsp3) is 0.375. The zero-order valence-corrected chi connectivity index (χ0v) is 18.4. The Kier molecular flexibility index (Phi) is 6.85. The van der Waals surface area contributed by atoms with E-state index >= 15 is 0 Å². The third kappa shape index (κ3) is 5.61. The molecule has 2 aromatic carbocycles. The van der Waals surface area contributed by atoms with E-state index < -0.39 is 10.0 Å². The molecule has 4 rings (SSSR count). The molecule has 0 atom stereocenters. The molecule has 1 aromatic heterocycles. The van der Waals surface area contributed by atoms with E-state index in [2.05, 4.69) is 28.2 Å². The third-order valence-electron chi connectivity index (χ3n) is 6.13. The summed E-state index contributed by atoms with van der Waals surface area (Å²) in [6.07, 6.45) is 4.29. The van der Waals surface area contributed by atoms with Crippen molar-refractivity contribution in [2.75, 3.05) is 18.8 Å². The lowest BCUT2D eigenvalue weighted by Crippen LogP contribution is -2.33. The first-order valence-corrected chi connectivity index (χ1v) is 12.4. The van der Waals surface area contributed by atoms with Gasteiger partial charge in [0.25, 0.3) is 0 Å². The van der Waals surface area contributed by atoms with Gasteiger partial charge in [-0.05, 0) is 68.3 Å². The summed E-state index contributed by atoms with van der Waals surface area (Å²) in [6.45, 7) is 2.20. The van der Waals surface area contributed by atoms with Crippen LogP contribution in [-0.2, 0) is 16.6 Å². The smallest absolute Gasteiger partial charge is 0.242 e. The number of nitrogens with two attached hydrogens (primary N) is 1.